The van der Waals surface area contributed by atoms with E-state index in [1.165, 1.54) is 0 Å². The van der Waals surface area contributed by atoms with Crippen LogP contribution in [0.3, 0.4) is 0 Å². The summed E-state index contributed by atoms with van der Waals surface area (Å²) in [6, 6.07) is 0. The molecule has 2 N–H and O–H groups in total. The molecule has 0 saturated heterocycles. The molecule has 0 aliphatic rings. The molecule has 0 aliphatic carbocycles. The van der Waals surface area contributed by atoms with Crippen molar-refractivity contribution in [2.75, 3.05) is 0 Å². The van der Waals surface area contributed by atoms with Gasteiger partial charge in [-0.3, -0.25) is 8.92 Å². The van der Waals surface area contributed by atoms with Crippen LogP contribution in [-0.4, -0.2) is 27.9 Å². The molecular weight excluding hydrogens is 175 g/mol. The Morgan fingerprint density at radius 2 is 1.50 bits per heavy atom. The molecule has 0 aromatic heterocycles. The van der Waals surface area contributed by atoms with Crippen molar-refractivity contribution in [1.82, 2.24) is 0 Å². The molecule has 8 heavy (non-hydrogen) atoms. The van der Waals surface area contributed by atoms with E-state index in [1.54, 1.807) is 0 Å². The molecule has 8 heteroatoms. The van der Waals surface area contributed by atoms with Gasteiger partial charge in [0.05, 0.1) is 0 Å². The average molecular weight is 178 g/mol. The summed E-state index contributed by atoms with van der Waals surface area (Å²) < 4.78 is 22.3. The van der Waals surface area contributed by atoms with Crippen LogP contribution in [-0.2, 0) is 13.0 Å². The Kier molecular flexibility index (Phi) is 9.15. The van der Waals surface area contributed by atoms with Crippen LogP contribution in [0, 0.1) is 0 Å². The first-order valence-corrected chi connectivity index (χ1v) is 3.79. The number of hydrogen-bond acceptors (Lipinski definition) is 3. The topological polar surface area (TPSA) is 83.8 Å². The van der Waals surface area contributed by atoms with Crippen LogP contribution < -0.4 is 51.4 Å². The molecular formula is H3KO5Si2. The minimum absolute atomic E-state index is 0. The molecule has 0 atom stereocenters. The standard InChI is InChI=1S/K.H2O5Si2.H/c;1-6(2)5-7(3)4;/h;1,3H;/q+1;;-1. The van der Waals surface area contributed by atoms with Gasteiger partial charge in [0.25, 0.3) is 0 Å². The minimum Gasteiger partial charge on any atom is -1.00 e. The predicted octanol–water partition coefficient (Wildman–Crippen LogP) is -5.07. The Labute approximate surface area is 92.4 Å². The van der Waals surface area contributed by atoms with Gasteiger partial charge in [-0.1, -0.05) is 0 Å². The largest absolute Gasteiger partial charge is 1.00 e. The van der Waals surface area contributed by atoms with Gasteiger partial charge in [0.1, 0.15) is 0 Å². The van der Waals surface area contributed by atoms with Crippen LogP contribution >= 0.6 is 0 Å². The van der Waals surface area contributed by atoms with E-state index in [1.807, 2.05) is 0 Å². The van der Waals surface area contributed by atoms with Crippen LogP contribution in [0.2, 0.25) is 0 Å². The number of rotatable bonds is 2. The first kappa shape index (κ1) is 11.8. The summed E-state index contributed by atoms with van der Waals surface area (Å²) >= 11 is 0. The monoisotopic (exact) mass is 178 g/mol. The maximum Gasteiger partial charge on any atom is 1.00 e. The third-order valence-corrected chi connectivity index (χ3v) is 1.57. The van der Waals surface area contributed by atoms with Crippen molar-refractivity contribution in [3.8, 4) is 0 Å². The van der Waals surface area contributed by atoms with Crippen molar-refractivity contribution in [3.05, 3.63) is 0 Å². The van der Waals surface area contributed by atoms with Crippen LogP contribution in [0.4, 0.5) is 0 Å². The van der Waals surface area contributed by atoms with Gasteiger partial charge in [0, 0.05) is 0 Å². The molecule has 0 spiro atoms. The predicted molar refractivity (Wildman–Crippen MR) is 19.5 cm³/mol. The van der Waals surface area contributed by atoms with Crippen molar-refractivity contribution in [1.29, 1.82) is 0 Å². The molecule has 0 saturated carbocycles. The molecule has 0 bridgehead atoms. The molecule has 5 nitrogen and oxygen atoms in total. The maximum absolute atomic E-state index is 9.44. The third-order valence-electron chi connectivity index (χ3n) is 0.175. The molecule has 0 unspecified atom stereocenters. The molecule has 0 heterocycles. The molecule has 42 valence electrons. The van der Waals surface area contributed by atoms with E-state index in [0.29, 0.717) is 0 Å². The fourth-order valence-electron chi connectivity index (χ4n) is 0.0747. The average Bonchev–Trinajstić information content (AvgIpc) is 1.27. The van der Waals surface area contributed by atoms with Crippen molar-refractivity contribution < 1.29 is 75.4 Å². The first-order valence-electron chi connectivity index (χ1n) is 1.26. The molecule has 0 amide bonds. The molecule has 0 aromatic carbocycles. The van der Waals surface area contributed by atoms with Crippen molar-refractivity contribution in [2.24, 2.45) is 0 Å². The summed E-state index contributed by atoms with van der Waals surface area (Å²) in [5.41, 5.74) is 0. The van der Waals surface area contributed by atoms with Crippen molar-refractivity contribution in [2.45, 2.75) is 0 Å². The van der Waals surface area contributed by atoms with Gasteiger partial charge in [0.15, 0.2) is 0 Å². The Morgan fingerprint density at radius 1 is 1.25 bits per heavy atom. The summed E-state index contributed by atoms with van der Waals surface area (Å²) in [5.74, 6) is 0. The van der Waals surface area contributed by atoms with Crippen LogP contribution in [0.15, 0.2) is 0 Å². The zero-order valence-electron chi connectivity index (χ0n) is 5.12. The van der Waals surface area contributed by atoms with Crippen molar-refractivity contribution >= 4 is 18.3 Å². The van der Waals surface area contributed by atoms with Gasteiger partial charge >= 0.3 is 69.7 Å². The fraction of sp³-hybridized carbons (Fsp3) is 0. The van der Waals surface area contributed by atoms with Crippen LogP contribution in [0.25, 0.3) is 0 Å². The Balaban J connectivity index is -0.000000180. The van der Waals surface area contributed by atoms with Gasteiger partial charge in [-0.05, 0) is 0 Å². The second-order valence-electron chi connectivity index (χ2n) is 0.634. The maximum atomic E-state index is 9.44. The van der Waals surface area contributed by atoms with Gasteiger partial charge in [-0.2, -0.15) is 0 Å². The van der Waals surface area contributed by atoms with E-state index in [9.17, 15) is 8.92 Å². The normalized spacial score (nSPS) is 6.50. The summed E-state index contributed by atoms with van der Waals surface area (Å²) in [5, 5.41) is 0. The van der Waals surface area contributed by atoms with Gasteiger partial charge in [-0.15, -0.1) is 0 Å². The van der Waals surface area contributed by atoms with E-state index in [-0.39, 0.29) is 52.8 Å². The van der Waals surface area contributed by atoms with Crippen LogP contribution in [0.5, 0.6) is 0 Å². The minimum atomic E-state index is -3.20. The third kappa shape index (κ3) is 10.1. The van der Waals surface area contributed by atoms with E-state index < -0.39 is 18.3 Å². The quantitative estimate of drug-likeness (QED) is 0.413. The summed E-state index contributed by atoms with van der Waals surface area (Å²) in [6.45, 7) is 0. The summed E-state index contributed by atoms with van der Waals surface area (Å²) in [7, 11) is -6.40. The molecule has 0 fully saturated rings. The van der Waals surface area contributed by atoms with E-state index in [0.717, 1.165) is 0 Å². The van der Waals surface area contributed by atoms with E-state index in [4.69, 9.17) is 9.59 Å². The second-order valence-corrected chi connectivity index (χ2v) is 2.51. The van der Waals surface area contributed by atoms with Crippen LogP contribution in [0.1, 0.15) is 1.43 Å². The molecule has 0 rings (SSSR count). The van der Waals surface area contributed by atoms with Crippen molar-refractivity contribution in [3.63, 3.8) is 0 Å². The van der Waals surface area contributed by atoms with Gasteiger partial charge < -0.3 is 15.1 Å². The zero-order chi connectivity index (χ0) is 5.86. The van der Waals surface area contributed by atoms with E-state index in [2.05, 4.69) is 4.12 Å². The number of hydrogen-bond donors (Lipinski definition) is 2. The zero-order valence-corrected chi connectivity index (χ0v) is 9.24. The molecule has 0 radical (unpaired) electrons. The Bertz CT molecular complexity index is 91.1. The first-order chi connectivity index (χ1) is 3.13. The summed E-state index contributed by atoms with van der Waals surface area (Å²) in [6.07, 6.45) is 0. The summed E-state index contributed by atoms with van der Waals surface area (Å²) in [4.78, 5) is 15.4. The second kappa shape index (κ2) is 6.19. The van der Waals surface area contributed by atoms with E-state index >= 15 is 0 Å². The Morgan fingerprint density at radius 3 is 1.50 bits per heavy atom. The van der Waals surface area contributed by atoms with Gasteiger partial charge in [-0.25, -0.2) is 0 Å². The van der Waals surface area contributed by atoms with Gasteiger partial charge in [0.2, 0.25) is 0 Å². The SMILES string of the molecule is O=[Si](O)O[Si](=O)O.[H-].[K+]. The fourth-order valence-corrected chi connectivity index (χ4v) is 0.672. The molecule has 0 aromatic rings. The molecule has 0 aliphatic heterocycles. The Hall–Kier alpha value is 1.07. The smallest absolute Gasteiger partial charge is 1.00 e.